The Morgan fingerprint density at radius 1 is 1.12 bits per heavy atom. The SMILES string of the molecule is CC(C(=O)Nc1ccc2c(c1)OCO2)N1CCN(c2ccccn2)CC1. The number of fused-ring (bicyclic) bond motifs is 1. The summed E-state index contributed by atoms with van der Waals surface area (Å²) in [6.45, 7) is 5.54. The normalized spacial score (nSPS) is 17.8. The van der Waals surface area contributed by atoms with Gasteiger partial charge in [0.2, 0.25) is 12.7 Å². The van der Waals surface area contributed by atoms with Gasteiger partial charge >= 0.3 is 0 Å². The number of nitrogens with one attached hydrogen (secondary N) is 1. The van der Waals surface area contributed by atoms with Crippen LogP contribution in [-0.4, -0.2) is 54.8 Å². The van der Waals surface area contributed by atoms with Crippen LogP contribution < -0.4 is 19.7 Å². The van der Waals surface area contributed by atoms with Crippen LogP contribution in [0, 0.1) is 0 Å². The fourth-order valence-electron chi connectivity index (χ4n) is 3.27. The molecule has 1 N–H and O–H groups in total. The second-order valence-electron chi connectivity index (χ2n) is 6.44. The molecule has 0 radical (unpaired) electrons. The van der Waals surface area contributed by atoms with Gasteiger partial charge in [0, 0.05) is 44.1 Å². The minimum atomic E-state index is -0.202. The van der Waals surface area contributed by atoms with Crippen LogP contribution in [-0.2, 0) is 4.79 Å². The van der Waals surface area contributed by atoms with E-state index in [9.17, 15) is 4.79 Å². The number of carbonyl (C=O) groups is 1. The van der Waals surface area contributed by atoms with Crippen molar-refractivity contribution in [2.24, 2.45) is 0 Å². The quantitative estimate of drug-likeness (QED) is 0.905. The molecule has 0 spiro atoms. The molecule has 0 saturated carbocycles. The van der Waals surface area contributed by atoms with Crippen LogP contribution in [0.2, 0.25) is 0 Å². The summed E-state index contributed by atoms with van der Waals surface area (Å²) in [5, 5.41) is 2.97. The van der Waals surface area contributed by atoms with Gasteiger partial charge in [0.1, 0.15) is 5.82 Å². The Morgan fingerprint density at radius 3 is 2.69 bits per heavy atom. The highest BCUT2D eigenvalue weighted by atomic mass is 16.7. The predicted molar refractivity (Wildman–Crippen MR) is 98.7 cm³/mol. The Labute approximate surface area is 152 Å². The number of benzene rings is 1. The highest BCUT2D eigenvalue weighted by Gasteiger charge is 2.26. The van der Waals surface area contributed by atoms with Crippen molar-refractivity contribution in [1.82, 2.24) is 9.88 Å². The molecule has 2 aliphatic rings. The molecule has 1 fully saturated rings. The Kier molecular flexibility index (Phi) is 4.62. The van der Waals surface area contributed by atoms with Crippen LogP contribution in [0.25, 0.3) is 0 Å². The van der Waals surface area contributed by atoms with Crippen LogP contribution in [0.3, 0.4) is 0 Å². The molecule has 1 saturated heterocycles. The highest BCUT2D eigenvalue weighted by molar-refractivity contribution is 5.94. The van der Waals surface area contributed by atoms with Crippen LogP contribution >= 0.6 is 0 Å². The summed E-state index contributed by atoms with van der Waals surface area (Å²) in [6.07, 6.45) is 1.81. The Hall–Kier alpha value is -2.80. The molecule has 2 aliphatic heterocycles. The van der Waals surface area contributed by atoms with Crippen LogP contribution in [0.5, 0.6) is 11.5 Å². The van der Waals surface area contributed by atoms with E-state index >= 15 is 0 Å². The molecule has 1 amide bonds. The lowest BCUT2D eigenvalue weighted by atomic mass is 10.2. The molecular formula is C19H22N4O3. The van der Waals surface area contributed by atoms with Gasteiger partial charge in [-0.05, 0) is 31.2 Å². The van der Waals surface area contributed by atoms with E-state index < -0.39 is 0 Å². The fourth-order valence-corrected chi connectivity index (χ4v) is 3.27. The molecular weight excluding hydrogens is 332 g/mol. The number of hydrogen-bond donors (Lipinski definition) is 1. The summed E-state index contributed by atoms with van der Waals surface area (Å²) in [4.78, 5) is 21.5. The Bertz CT molecular complexity index is 776. The lowest BCUT2D eigenvalue weighted by Crippen LogP contribution is -2.53. The summed E-state index contributed by atoms with van der Waals surface area (Å²) in [7, 11) is 0. The molecule has 1 aromatic carbocycles. The largest absolute Gasteiger partial charge is 0.454 e. The number of hydrogen-bond acceptors (Lipinski definition) is 6. The summed E-state index contributed by atoms with van der Waals surface area (Å²) in [5.74, 6) is 2.35. The van der Waals surface area contributed by atoms with Crippen molar-refractivity contribution < 1.29 is 14.3 Å². The lowest BCUT2D eigenvalue weighted by molar-refractivity contribution is -0.120. The first kappa shape index (κ1) is 16.7. The van der Waals surface area contributed by atoms with Crippen molar-refractivity contribution in [3.63, 3.8) is 0 Å². The molecule has 136 valence electrons. The van der Waals surface area contributed by atoms with E-state index in [1.807, 2.05) is 43.5 Å². The first-order valence-corrected chi connectivity index (χ1v) is 8.81. The topological polar surface area (TPSA) is 66.9 Å². The van der Waals surface area contributed by atoms with Gasteiger partial charge in [-0.2, -0.15) is 0 Å². The number of aromatic nitrogens is 1. The zero-order valence-electron chi connectivity index (χ0n) is 14.7. The van der Waals surface area contributed by atoms with Crippen molar-refractivity contribution in [3.05, 3.63) is 42.6 Å². The number of ether oxygens (including phenoxy) is 2. The van der Waals surface area contributed by atoms with E-state index in [2.05, 4.69) is 20.1 Å². The van der Waals surface area contributed by atoms with E-state index in [1.54, 1.807) is 6.07 Å². The molecule has 0 aliphatic carbocycles. The molecule has 1 aromatic heterocycles. The first-order valence-electron chi connectivity index (χ1n) is 8.81. The monoisotopic (exact) mass is 354 g/mol. The number of carbonyl (C=O) groups excluding carboxylic acids is 1. The van der Waals surface area contributed by atoms with Gasteiger partial charge in [-0.15, -0.1) is 0 Å². The molecule has 1 unspecified atom stereocenters. The predicted octanol–water partition coefficient (Wildman–Crippen LogP) is 1.96. The summed E-state index contributed by atoms with van der Waals surface area (Å²) >= 11 is 0. The summed E-state index contributed by atoms with van der Waals surface area (Å²) in [6, 6.07) is 11.2. The average Bonchev–Trinajstić information content (AvgIpc) is 3.16. The van der Waals surface area contributed by atoms with Gasteiger partial charge < -0.3 is 19.7 Å². The van der Waals surface area contributed by atoms with E-state index in [1.165, 1.54) is 0 Å². The van der Waals surface area contributed by atoms with Gasteiger partial charge in [0.25, 0.3) is 0 Å². The summed E-state index contributed by atoms with van der Waals surface area (Å²) < 4.78 is 10.7. The highest BCUT2D eigenvalue weighted by Crippen LogP contribution is 2.34. The maximum atomic E-state index is 12.6. The molecule has 7 nitrogen and oxygen atoms in total. The maximum absolute atomic E-state index is 12.6. The second-order valence-corrected chi connectivity index (χ2v) is 6.44. The molecule has 26 heavy (non-hydrogen) atoms. The van der Waals surface area contributed by atoms with Crippen LogP contribution in [0.1, 0.15) is 6.92 Å². The third-order valence-corrected chi connectivity index (χ3v) is 4.85. The van der Waals surface area contributed by atoms with Crippen LogP contribution in [0.4, 0.5) is 11.5 Å². The molecule has 2 aromatic rings. The van der Waals surface area contributed by atoms with Crippen molar-refractivity contribution in [2.45, 2.75) is 13.0 Å². The third-order valence-electron chi connectivity index (χ3n) is 4.85. The van der Waals surface area contributed by atoms with Gasteiger partial charge in [0.15, 0.2) is 11.5 Å². The van der Waals surface area contributed by atoms with Crippen LogP contribution in [0.15, 0.2) is 42.6 Å². The number of piperazine rings is 1. The van der Waals surface area contributed by atoms with Crippen molar-refractivity contribution in [3.8, 4) is 11.5 Å². The van der Waals surface area contributed by atoms with E-state index in [-0.39, 0.29) is 18.7 Å². The number of anilines is 2. The van der Waals surface area contributed by atoms with Gasteiger partial charge in [-0.1, -0.05) is 6.07 Å². The van der Waals surface area contributed by atoms with E-state index in [0.29, 0.717) is 11.5 Å². The number of amides is 1. The summed E-state index contributed by atoms with van der Waals surface area (Å²) in [5.41, 5.74) is 0.721. The van der Waals surface area contributed by atoms with Gasteiger partial charge in [-0.3, -0.25) is 9.69 Å². The second kappa shape index (κ2) is 7.21. The minimum Gasteiger partial charge on any atom is -0.454 e. The van der Waals surface area contributed by atoms with Crippen molar-refractivity contribution in [2.75, 3.05) is 43.2 Å². The van der Waals surface area contributed by atoms with Crippen molar-refractivity contribution >= 4 is 17.4 Å². The Balaban J connectivity index is 1.33. The van der Waals surface area contributed by atoms with Gasteiger partial charge in [-0.25, -0.2) is 4.98 Å². The molecule has 7 heteroatoms. The van der Waals surface area contributed by atoms with Gasteiger partial charge in [0.05, 0.1) is 6.04 Å². The fraction of sp³-hybridized carbons (Fsp3) is 0.368. The Morgan fingerprint density at radius 2 is 1.92 bits per heavy atom. The standard InChI is InChI=1S/C19H22N4O3/c1-14(19(24)21-15-5-6-16-17(12-15)26-13-25-16)22-8-10-23(11-9-22)18-4-2-3-7-20-18/h2-7,12,14H,8-11,13H2,1H3,(H,21,24). The zero-order valence-corrected chi connectivity index (χ0v) is 14.7. The lowest BCUT2D eigenvalue weighted by Gasteiger charge is -2.37. The smallest absolute Gasteiger partial charge is 0.241 e. The zero-order chi connectivity index (χ0) is 17.9. The van der Waals surface area contributed by atoms with E-state index in [4.69, 9.17) is 9.47 Å². The third kappa shape index (κ3) is 3.43. The first-order chi connectivity index (χ1) is 12.7. The number of nitrogens with zero attached hydrogens (tertiary/aromatic N) is 3. The number of pyridine rings is 1. The molecule has 1 atom stereocenters. The van der Waals surface area contributed by atoms with Crippen molar-refractivity contribution in [1.29, 1.82) is 0 Å². The molecule has 4 rings (SSSR count). The average molecular weight is 354 g/mol. The minimum absolute atomic E-state index is 0.0184. The molecule has 0 bridgehead atoms. The van der Waals surface area contributed by atoms with E-state index in [0.717, 1.165) is 37.7 Å². The number of rotatable bonds is 4. The maximum Gasteiger partial charge on any atom is 0.241 e. The molecule has 3 heterocycles.